The molecule has 4 bridgehead atoms. The lowest BCUT2D eigenvalue weighted by atomic mass is 9.54. The molecule has 1 aromatic carbocycles. The normalized spacial score (nSPS) is 36.3. The molecule has 2 N–H and O–H groups in total. The van der Waals surface area contributed by atoms with Crippen LogP contribution in [0.15, 0.2) is 29.8 Å². The fourth-order valence-corrected chi connectivity index (χ4v) is 6.78. The zero-order valence-electron chi connectivity index (χ0n) is 17.5. The number of rotatable bonds is 3. The highest BCUT2D eigenvalue weighted by Gasteiger charge is 2.71. The lowest BCUT2D eigenvalue weighted by Crippen LogP contribution is -2.76. The number of ether oxygens (including phenoxy) is 2. The third kappa shape index (κ3) is 2.11. The van der Waals surface area contributed by atoms with Crippen molar-refractivity contribution >= 4 is 16.9 Å². The molecule has 1 unspecified atom stereocenters. The predicted molar refractivity (Wildman–Crippen MR) is 110 cm³/mol. The van der Waals surface area contributed by atoms with E-state index in [4.69, 9.17) is 9.47 Å². The van der Waals surface area contributed by atoms with Crippen molar-refractivity contribution < 1.29 is 23.9 Å². The summed E-state index contributed by atoms with van der Waals surface area (Å²) in [6, 6.07) is 6.40. The van der Waals surface area contributed by atoms with Gasteiger partial charge in [0.05, 0.1) is 33.6 Å². The molecule has 2 aromatic rings. The topological polar surface area (TPSA) is 71.5 Å². The lowest BCUT2D eigenvalue weighted by molar-refractivity contribution is -0.981. The summed E-state index contributed by atoms with van der Waals surface area (Å²) in [6.45, 7) is 2.77. The van der Waals surface area contributed by atoms with Gasteiger partial charge in [0.1, 0.15) is 29.8 Å². The number of quaternary nitrogens is 1. The molecule has 1 aromatic heterocycles. The van der Waals surface area contributed by atoms with Gasteiger partial charge in [-0.15, -0.1) is 0 Å². The highest BCUT2D eigenvalue weighted by molar-refractivity contribution is 5.87. The molecule has 154 valence electrons. The van der Waals surface area contributed by atoms with Crippen LogP contribution in [0.4, 0.5) is 0 Å². The maximum atomic E-state index is 13.2. The number of aliphatic hydroxyl groups excluding tert-OH is 1. The highest BCUT2D eigenvalue weighted by atomic mass is 16.5. The Hall–Kier alpha value is -2.31. The van der Waals surface area contributed by atoms with Crippen LogP contribution in [0.3, 0.4) is 0 Å². The average Bonchev–Trinajstić information content (AvgIpc) is 3.10. The SMILES string of the molecule is C/C=C1/C[N+]2(C)[C@H]3C[C@@H]1[C@@](CO)(C(=O)OC)[C@@H]2Cc1c3[nH]c2cc(OC)ccc12. The number of carbonyl (C=O) groups excluding carboxylic acids is 1. The molecule has 3 saturated heterocycles. The standard InChI is InChI=1S/C23H29N2O4/c1-5-13-11-25(2)19-10-17(13)23(12-26,22(27)29-4)20(25)9-16-15-7-6-14(28-3)8-18(15)24-21(16)19/h5-8,17,19-20,24,26H,9-12H2,1-4H3/q+1/b13-5-/t17-,19-,20-,23+,25?/m0/s1. The number of aromatic nitrogens is 1. The van der Waals surface area contributed by atoms with E-state index in [9.17, 15) is 9.90 Å². The van der Waals surface area contributed by atoms with E-state index in [0.717, 1.165) is 35.1 Å². The van der Waals surface area contributed by atoms with Crippen LogP contribution in [0.2, 0.25) is 0 Å². The molecular formula is C23H29N2O4+. The maximum Gasteiger partial charge on any atom is 0.320 e. The average molecular weight is 397 g/mol. The van der Waals surface area contributed by atoms with Crippen molar-refractivity contribution in [2.75, 3.05) is 34.4 Å². The lowest BCUT2D eigenvalue weighted by Gasteiger charge is -2.66. The van der Waals surface area contributed by atoms with Crippen LogP contribution in [0.1, 0.15) is 30.6 Å². The summed E-state index contributed by atoms with van der Waals surface area (Å²) in [5, 5.41) is 11.8. The quantitative estimate of drug-likeness (QED) is 0.475. The zero-order valence-corrected chi connectivity index (χ0v) is 17.5. The van der Waals surface area contributed by atoms with Crippen LogP contribution in [-0.2, 0) is 16.0 Å². The zero-order chi connectivity index (χ0) is 20.6. The Balaban J connectivity index is 1.75. The Kier molecular flexibility index (Phi) is 3.93. The molecule has 29 heavy (non-hydrogen) atoms. The molecule has 0 saturated carbocycles. The number of allylic oxidation sites excluding steroid dienone is 1. The number of aliphatic hydroxyl groups is 1. The van der Waals surface area contributed by atoms with Gasteiger partial charge in [-0.1, -0.05) is 6.08 Å². The van der Waals surface area contributed by atoms with Crippen molar-refractivity contribution in [1.82, 2.24) is 4.98 Å². The van der Waals surface area contributed by atoms with Crippen LogP contribution in [0.5, 0.6) is 5.75 Å². The number of fused-ring (bicyclic) bond motifs is 4. The fourth-order valence-electron chi connectivity index (χ4n) is 6.78. The van der Waals surface area contributed by atoms with Gasteiger partial charge in [0.15, 0.2) is 0 Å². The molecule has 6 nitrogen and oxygen atoms in total. The molecule has 0 amide bonds. The van der Waals surface area contributed by atoms with Crippen LogP contribution >= 0.6 is 0 Å². The van der Waals surface area contributed by atoms with E-state index < -0.39 is 5.41 Å². The molecule has 6 heteroatoms. The van der Waals surface area contributed by atoms with Crippen LogP contribution in [0.25, 0.3) is 10.9 Å². The smallest absolute Gasteiger partial charge is 0.320 e. The number of carbonyl (C=O) groups is 1. The van der Waals surface area contributed by atoms with Gasteiger partial charge in [-0.25, -0.2) is 0 Å². The first-order valence-electron chi connectivity index (χ1n) is 10.3. The van der Waals surface area contributed by atoms with Gasteiger partial charge in [-0.05, 0) is 30.2 Å². The number of piperidine rings is 3. The van der Waals surface area contributed by atoms with Gasteiger partial charge < -0.3 is 24.0 Å². The first-order chi connectivity index (χ1) is 13.9. The number of likely N-dealkylation sites (N-methyl/N-ethyl adjacent to an activating group) is 1. The van der Waals surface area contributed by atoms with Gasteiger partial charge in [-0.3, -0.25) is 4.79 Å². The highest BCUT2D eigenvalue weighted by Crippen LogP contribution is 2.62. The summed E-state index contributed by atoms with van der Waals surface area (Å²) >= 11 is 0. The maximum absolute atomic E-state index is 13.2. The Morgan fingerprint density at radius 2 is 2.21 bits per heavy atom. The first kappa shape index (κ1) is 18.7. The van der Waals surface area contributed by atoms with E-state index in [-0.39, 0.29) is 30.6 Å². The second-order valence-corrected chi connectivity index (χ2v) is 9.01. The molecule has 5 atom stereocenters. The number of aromatic amines is 1. The first-order valence-corrected chi connectivity index (χ1v) is 10.3. The summed E-state index contributed by atoms with van der Waals surface area (Å²) in [4.78, 5) is 16.9. The summed E-state index contributed by atoms with van der Waals surface area (Å²) < 4.78 is 11.4. The van der Waals surface area contributed by atoms with Gasteiger partial charge in [0.2, 0.25) is 0 Å². The molecular weight excluding hydrogens is 368 g/mol. The number of H-pyrrole nitrogens is 1. The minimum Gasteiger partial charge on any atom is -0.497 e. The van der Waals surface area contributed by atoms with E-state index in [2.05, 4.69) is 24.2 Å². The Morgan fingerprint density at radius 3 is 2.86 bits per heavy atom. The third-order valence-corrected chi connectivity index (χ3v) is 8.15. The minimum atomic E-state index is -0.895. The largest absolute Gasteiger partial charge is 0.497 e. The van der Waals surface area contributed by atoms with Crippen molar-refractivity contribution in [3.8, 4) is 5.75 Å². The second-order valence-electron chi connectivity index (χ2n) is 9.01. The molecule has 0 aliphatic carbocycles. The van der Waals surface area contributed by atoms with Gasteiger partial charge in [-0.2, -0.15) is 0 Å². The Morgan fingerprint density at radius 1 is 1.41 bits per heavy atom. The number of esters is 1. The van der Waals surface area contributed by atoms with Gasteiger partial charge >= 0.3 is 5.97 Å². The Bertz CT molecular complexity index is 1040. The molecule has 5 heterocycles. The van der Waals surface area contributed by atoms with E-state index in [1.54, 1.807) is 7.11 Å². The minimum absolute atomic E-state index is 0.00833. The summed E-state index contributed by atoms with van der Waals surface area (Å²) in [7, 11) is 5.37. The van der Waals surface area contributed by atoms with E-state index in [1.165, 1.54) is 29.3 Å². The number of hydrogen-bond acceptors (Lipinski definition) is 4. The molecule has 4 aliphatic heterocycles. The van der Waals surface area contributed by atoms with Gasteiger partial charge in [0, 0.05) is 35.7 Å². The third-order valence-electron chi connectivity index (χ3n) is 8.15. The van der Waals surface area contributed by atoms with Crippen molar-refractivity contribution in [2.45, 2.75) is 31.8 Å². The fraction of sp³-hybridized carbons (Fsp3) is 0.522. The summed E-state index contributed by atoms with van der Waals surface area (Å²) in [6.07, 6.45) is 3.72. The summed E-state index contributed by atoms with van der Waals surface area (Å²) in [5.74, 6) is 0.563. The number of benzene rings is 1. The van der Waals surface area contributed by atoms with E-state index in [0.29, 0.717) is 0 Å². The van der Waals surface area contributed by atoms with E-state index >= 15 is 0 Å². The molecule has 0 radical (unpaired) electrons. The number of hydrogen-bond donors (Lipinski definition) is 2. The number of nitrogens with one attached hydrogen (secondary N) is 1. The number of nitrogens with zero attached hydrogens (tertiary/aromatic N) is 1. The van der Waals surface area contributed by atoms with E-state index in [1.807, 2.05) is 19.1 Å². The molecule has 0 spiro atoms. The summed E-state index contributed by atoms with van der Waals surface area (Å²) in [5.41, 5.74) is 4.00. The monoisotopic (exact) mass is 397 g/mol. The van der Waals surface area contributed by atoms with Crippen molar-refractivity contribution in [3.63, 3.8) is 0 Å². The van der Waals surface area contributed by atoms with Crippen molar-refractivity contribution in [1.29, 1.82) is 0 Å². The molecule has 4 aliphatic rings. The van der Waals surface area contributed by atoms with Crippen molar-refractivity contribution in [3.05, 3.63) is 41.1 Å². The Labute approximate surface area is 170 Å². The number of methoxy groups -OCH3 is 2. The second kappa shape index (κ2) is 6.09. The van der Waals surface area contributed by atoms with Gasteiger partial charge in [0.25, 0.3) is 0 Å². The molecule has 3 fully saturated rings. The molecule has 6 rings (SSSR count). The van der Waals surface area contributed by atoms with Crippen LogP contribution in [-0.4, -0.2) is 61.0 Å². The van der Waals surface area contributed by atoms with Crippen molar-refractivity contribution in [2.24, 2.45) is 11.3 Å². The predicted octanol–water partition coefficient (Wildman–Crippen LogP) is 2.72. The van der Waals surface area contributed by atoms with Crippen LogP contribution < -0.4 is 4.74 Å². The van der Waals surface area contributed by atoms with Crippen LogP contribution in [0, 0.1) is 11.3 Å².